The molecule has 0 radical (unpaired) electrons. The summed E-state index contributed by atoms with van der Waals surface area (Å²) in [5.41, 5.74) is 0.596. The van der Waals surface area contributed by atoms with E-state index in [0.717, 1.165) is 0 Å². The van der Waals surface area contributed by atoms with E-state index in [1.807, 2.05) is 0 Å². The van der Waals surface area contributed by atoms with Crippen molar-refractivity contribution >= 4 is 11.9 Å². The first-order valence-electron chi connectivity index (χ1n) is 5.24. The highest BCUT2D eigenvalue weighted by atomic mass is 16.5. The number of carboxylic acid groups (broad SMARTS) is 2. The number of phenolic OH excluding ortho intramolecular Hbond substituents is 1. The van der Waals surface area contributed by atoms with E-state index >= 15 is 0 Å². The van der Waals surface area contributed by atoms with E-state index in [4.69, 9.17) is 14.9 Å². The average Bonchev–Trinajstić information content (AvgIpc) is 2.29. The Balaban J connectivity index is 2.87. The van der Waals surface area contributed by atoms with Crippen molar-refractivity contribution in [3.8, 4) is 11.5 Å². The third-order valence-corrected chi connectivity index (χ3v) is 2.50. The van der Waals surface area contributed by atoms with Gasteiger partial charge in [0.05, 0.1) is 19.4 Å². The lowest BCUT2D eigenvalue weighted by Gasteiger charge is -2.11. The SMILES string of the molecule is COc1cc(CC(CC(=O)O)C(=O)O)ccc1O. The van der Waals surface area contributed by atoms with Crippen LogP contribution in [0.15, 0.2) is 18.2 Å². The van der Waals surface area contributed by atoms with Gasteiger partial charge in [0.25, 0.3) is 0 Å². The van der Waals surface area contributed by atoms with Crippen molar-refractivity contribution in [3.05, 3.63) is 23.8 Å². The van der Waals surface area contributed by atoms with Gasteiger partial charge < -0.3 is 20.1 Å². The normalized spacial score (nSPS) is 11.8. The molecule has 0 spiro atoms. The van der Waals surface area contributed by atoms with Gasteiger partial charge in [-0.25, -0.2) is 0 Å². The number of phenols is 1. The van der Waals surface area contributed by atoms with Crippen molar-refractivity contribution in [2.45, 2.75) is 12.8 Å². The molecule has 0 fully saturated rings. The summed E-state index contributed by atoms with van der Waals surface area (Å²) in [6.07, 6.45) is -0.378. The van der Waals surface area contributed by atoms with E-state index in [2.05, 4.69) is 0 Å². The molecule has 3 N–H and O–H groups in total. The number of rotatable bonds is 6. The second kappa shape index (κ2) is 5.90. The van der Waals surface area contributed by atoms with Crippen LogP contribution < -0.4 is 4.74 Å². The fourth-order valence-corrected chi connectivity index (χ4v) is 1.59. The zero-order valence-electron chi connectivity index (χ0n) is 9.79. The minimum Gasteiger partial charge on any atom is -0.504 e. The maximum absolute atomic E-state index is 10.9. The lowest BCUT2D eigenvalue weighted by atomic mass is 9.96. The van der Waals surface area contributed by atoms with Crippen LogP contribution in [0.2, 0.25) is 0 Å². The maximum atomic E-state index is 10.9. The van der Waals surface area contributed by atoms with Crippen molar-refractivity contribution in [2.24, 2.45) is 5.92 Å². The zero-order chi connectivity index (χ0) is 13.7. The van der Waals surface area contributed by atoms with Crippen molar-refractivity contribution in [1.29, 1.82) is 0 Å². The van der Waals surface area contributed by atoms with Crippen LogP contribution in [0.4, 0.5) is 0 Å². The van der Waals surface area contributed by atoms with Gasteiger partial charge in [-0.15, -0.1) is 0 Å². The standard InChI is InChI=1S/C12H14O6/c1-18-10-5-7(2-3-9(10)13)4-8(12(16)17)6-11(14)15/h2-3,5,8,13H,4,6H2,1H3,(H,14,15)(H,16,17). The van der Waals surface area contributed by atoms with Gasteiger partial charge >= 0.3 is 11.9 Å². The van der Waals surface area contributed by atoms with E-state index in [1.165, 1.54) is 25.3 Å². The highest BCUT2D eigenvalue weighted by molar-refractivity contribution is 5.78. The Labute approximate surface area is 103 Å². The van der Waals surface area contributed by atoms with Crippen LogP contribution in [0.3, 0.4) is 0 Å². The molecule has 0 aliphatic heterocycles. The topological polar surface area (TPSA) is 104 Å². The third kappa shape index (κ3) is 3.65. The second-order valence-electron chi connectivity index (χ2n) is 3.84. The van der Waals surface area contributed by atoms with Crippen molar-refractivity contribution in [2.75, 3.05) is 7.11 Å². The number of hydrogen-bond donors (Lipinski definition) is 3. The van der Waals surface area contributed by atoms with E-state index in [9.17, 15) is 14.7 Å². The summed E-state index contributed by atoms with van der Waals surface area (Å²) in [4.78, 5) is 21.5. The summed E-state index contributed by atoms with van der Waals surface area (Å²) in [6, 6.07) is 4.41. The first kappa shape index (κ1) is 13.8. The van der Waals surface area contributed by atoms with Crippen LogP contribution in [-0.4, -0.2) is 34.4 Å². The van der Waals surface area contributed by atoms with Crippen LogP contribution >= 0.6 is 0 Å². The van der Waals surface area contributed by atoms with Gasteiger partial charge in [-0.2, -0.15) is 0 Å². The molecule has 1 rings (SSSR count). The average molecular weight is 254 g/mol. The highest BCUT2D eigenvalue weighted by Gasteiger charge is 2.21. The lowest BCUT2D eigenvalue weighted by Crippen LogP contribution is -2.20. The summed E-state index contributed by atoms with van der Waals surface area (Å²) in [5, 5.41) is 26.9. The van der Waals surface area contributed by atoms with Crippen LogP contribution in [-0.2, 0) is 16.0 Å². The molecule has 18 heavy (non-hydrogen) atoms. The van der Waals surface area contributed by atoms with Gasteiger partial charge in [-0.3, -0.25) is 9.59 Å². The number of benzene rings is 1. The minimum absolute atomic E-state index is 0.0497. The molecule has 98 valence electrons. The molecule has 0 aliphatic carbocycles. The molecule has 0 heterocycles. The molecule has 0 amide bonds. The molecule has 0 aromatic heterocycles. The second-order valence-corrected chi connectivity index (χ2v) is 3.84. The van der Waals surface area contributed by atoms with Crippen molar-refractivity contribution < 1.29 is 29.6 Å². The summed E-state index contributed by atoms with van der Waals surface area (Å²) in [5.74, 6) is -3.15. The third-order valence-electron chi connectivity index (χ3n) is 2.50. The number of ether oxygens (including phenoxy) is 1. The molecule has 1 aromatic carbocycles. The molecule has 1 atom stereocenters. The van der Waals surface area contributed by atoms with Crippen LogP contribution in [0.1, 0.15) is 12.0 Å². The molecule has 0 saturated heterocycles. The first-order chi connectivity index (χ1) is 8.43. The molecular formula is C12H14O6. The Bertz CT molecular complexity index is 454. The van der Waals surface area contributed by atoms with Gasteiger partial charge in [0, 0.05) is 0 Å². The fourth-order valence-electron chi connectivity index (χ4n) is 1.59. The number of hydrogen-bond acceptors (Lipinski definition) is 4. The summed E-state index contributed by atoms with van der Waals surface area (Å²) in [6.45, 7) is 0. The zero-order valence-corrected chi connectivity index (χ0v) is 9.79. The molecule has 6 nitrogen and oxygen atoms in total. The van der Waals surface area contributed by atoms with Crippen molar-refractivity contribution in [3.63, 3.8) is 0 Å². The highest BCUT2D eigenvalue weighted by Crippen LogP contribution is 2.27. The monoisotopic (exact) mass is 254 g/mol. The lowest BCUT2D eigenvalue weighted by molar-refractivity contribution is -0.148. The predicted molar refractivity (Wildman–Crippen MR) is 61.7 cm³/mol. The van der Waals surface area contributed by atoms with E-state index in [0.29, 0.717) is 5.56 Å². The molecular weight excluding hydrogens is 240 g/mol. The largest absolute Gasteiger partial charge is 0.504 e. The maximum Gasteiger partial charge on any atom is 0.307 e. The number of methoxy groups -OCH3 is 1. The Morgan fingerprint density at radius 1 is 1.33 bits per heavy atom. The number of carboxylic acids is 2. The Kier molecular flexibility index (Phi) is 4.53. The van der Waals surface area contributed by atoms with Crippen LogP contribution in [0.25, 0.3) is 0 Å². The van der Waals surface area contributed by atoms with Crippen LogP contribution in [0, 0.1) is 5.92 Å². The molecule has 0 bridgehead atoms. The molecule has 6 heteroatoms. The van der Waals surface area contributed by atoms with Gasteiger partial charge in [0.1, 0.15) is 0 Å². The minimum atomic E-state index is -1.16. The Hall–Kier alpha value is -2.24. The van der Waals surface area contributed by atoms with E-state index in [-0.39, 0.29) is 17.9 Å². The number of aliphatic carboxylic acids is 2. The van der Waals surface area contributed by atoms with E-state index < -0.39 is 24.3 Å². The summed E-state index contributed by atoms with van der Waals surface area (Å²) < 4.78 is 4.90. The summed E-state index contributed by atoms with van der Waals surface area (Å²) >= 11 is 0. The van der Waals surface area contributed by atoms with Gasteiger partial charge in [-0.05, 0) is 24.1 Å². The quantitative estimate of drug-likeness (QED) is 0.702. The van der Waals surface area contributed by atoms with Crippen LogP contribution in [0.5, 0.6) is 11.5 Å². The Morgan fingerprint density at radius 3 is 2.50 bits per heavy atom. The molecule has 0 aliphatic rings. The van der Waals surface area contributed by atoms with Gasteiger partial charge in [0.2, 0.25) is 0 Å². The predicted octanol–water partition coefficient (Wildman–Crippen LogP) is 1.12. The van der Waals surface area contributed by atoms with Gasteiger partial charge in [0.15, 0.2) is 11.5 Å². The Morgan fingerprint density at radius 2 is 2.00 bits per heavy atom. The molecule has 0 saturated carbocycles. The molecule has 1 aromatic rings. The molecule has 1 unspecified atom stereocenters. The number of aromatic hydroxyl groups is 1. The van der Waals surface area contributed by atoms with E-state index in [1.54, 1.807) is 0 Å². The number of carbonyl (C=O) groups is 2. The fraction of sp³-hybridized carbons (Fsp3) is 0.333. The smallest absolute Gasteiger partial charge is 0.307 e. The van der Waals surface area contributed by atoms with Gasteiger partial charge in [-0.1, -0.05) is 6.07 Å². The first-order valence-corrected chi connectivity index (χ1v) is 5.24. The van der Waals surface area contributed by atoms with Crippen molar-refractivity contribution in [1.82, 2.24) is 0 Å². The summed E-state index contributed by atoms with van der Waals surface area (Å²) in [7, 11) is 1.38.